The Morgan fingerprint density at radius 1 is 1.02 bits per heavy atom. The summed E-state index contributed by atoms with van der Waals surface area (Å²) >= 11 is 0. The number of nitrogens with zero attached hydrogens (tertiary/aromatic N) is 5. The maximum atomic E-state index is 13.2. The fourth-order valence-electron chi connectivity index (χ4n) is 6.00. The van der Waals surface area contributed by atoms with E-state index in [1.165, 1.54) is 18.3 Å². The van der Waals surface area contributed by atoms with Crippen molar-refractivity contribution >= 4 is 23.4 Å². The molecular formula is C36H47F3N6O5. The number of carbonyl (C=O) groups excluding carboxylic acids is 2. The summed E-state index contributed by atoms with van der Waals surface area (Å²) in [6.45, 7) is 16.7. The highest BCUT2D eigenvalue weighted by atomic mass is 19.4. The maximum Gasteiger partial charge on any atom is 0.416 e. The number of aromatic nitrogens is 2. The molecule has 2 aromatic heterocycles. The first kappa shape index (κ1) is 36.8. The van der Waals surface area contributed by atoms with Gasteiger partial charge < -0.3 is 29.3 Å². The van der Waals surface area contributed by atoms with Gasteiger partial charge in [0.15, 0.2) is 0 Å². The fraction of sp³-hybridized carbons (Fsp3) is 0.500. The Morgan fingerprint density at radius 3 is 2.44 bits per heavy atom. The van der Waals surface area contributed by atoms with Crippen molar-refractivity contribution in [3.05, 3.63) is 65.6 Å². The number of rotatable bonds is 8. The van der Waals surface area contributed by atoms with Gasteiger partial charge in [-0.3, -0.25) is 14.7 Å². The summed E-state index contributed by atoms with van der Waals surface area (Å²) in [5.74, 6) is -0.210. The Hall–Kier alpha value is -4.43. The highest BCUT2D eigenvalue weighted by molar-refractivity contribution is 6.04. The van der Waals surface area contributed by atoms with E-state index in [2.05, 4.69) is 33.9 Å². The summed E-state index contributed by atoms with van der Waals surface area (Å²) in [6, 6.07) is 7.97. The Balaban J connectivity index is 0.00000583. The van der Waals surface area contributed by atoms with Crippen molar-refractivity contribution in [1.29, 1.82) is 0 Å². The van der Waals surface area contributed by atoms with Gasteiger partial charge in [-0.1, -0.05) is 6.07 Å². The van der Waals surface area contributed by atoms with E-state index < -0.39 is 23.2 Å². The van der Waals surface area contributed by atoms with E-state index >= 15 is 0 Å². The molecule has 0 atom stereocenters. The van der Waals surface area contributed by atoms with Crippen molar-refractivity contribution in [3.8, 4) is 17.0 Å². The van der Waals surface area contributed by atoms with Gasteiger partial charge >= 0.3 is 12.3 Å². The molecule has 2 aliphatic heterocycles. The quantitative estimate of drug-likeness (QED) is 0.281. The summed E-state index contributed by atoms with van der Waals surface area (Å²) in [7, 11) is 0. The lowest BCUT2D eigenvalue weighted by molar-refractivity contribution is -0.137. The number of hydrogen-bond acceptors (Lipinski definition) is 9. The van der Waals surface area contributed by atoms with Crippen molar-refractivity contribution in [2.75, 3.05) is 69.3 Å². The molecule has 2 fully saturated rings. The SMILES string of the molecule is Cc1ncc(NC(=O)c2cccc(C(F)(F)F)c2)cc1-c1cnc(OCCN2CCN(C(=O)OC(C)(C)C)CC2(C)C)c(N2CCOCC2)c1.[HH]. The van der Waals surface area contributed by atoms with Crippen LogP contribution in [0.5, 0.6) is 5.88 Å². The zero-order chi connectivity index (χ0) is 36.3. The number of benzene rings is 1. The number of aryl methyl sites for hydroxylation is 1. The fourth-order valence-corrected chi connectivity index (χ4v) is 6.00. The molecule has 1 N–H and O–H groups in total. The number of ether oxygens (including phenoxy) is 3. The topological polar surface area (TPSA) is 109 Å². The average Bonchev–Trinajstić information content (AvgIpc) is 3.05. The zero-order valence-electron chi connectivity index (χ0n) is 29.4. The molecule has 0 aliphatic carbocycles. The van der Waals surface area contributed by atoms with E-state index in [0.29, 0.717) is 81.9 Å². The van der Waals surface area contributed by atoms with E-state index in [-0.39, 0.29) is 18.6 Å². The van der Waals surface area contributed by atoms with Gasteiger partial charge in [0.25, 0.3) is 5.91 Å². The number of nitrogens with one attached hydrogen (secondary N) is 1. The molecule has 2 aliphatic rings. The normalized spacial score (nSPS) is 17.0. The molecule has 0 bridgehead atoms. The molecule has 3 aromatic rings. The monoisotopic (exact) mass is 700 g/mol. The lowest BCUT2D eigenvalue weighted by Crippen LogP contribution is -2.61. The van der Waals surface area contributed by atoms with E-state index in [1.807, 2.05) is 33.8 Å². The van der Waals surface area contributed by atoms with E-state index in [9.17, 15) is 22.8 Å². The van der Waals surface area contributed by atoms with Crippen molar-refractivity contribution in [1.82, 2.24) is 19.8 Å². The molecular weight excluding hydrogens is 653 g/mol. The van der Waals surface area contributed by atoms with Crippen LogP contribution in [0.4, 0.5) is 29.3 Å². The molecule has 5 rings (SSSR count). The zero-order valence-corrected chi connectivity index (χ0v) is 29.4. The van der Waals surface area contributed by atoms with Gasteiger partial charge in [0.05, 0.1) is 30.7 Å². The lowest BCUT2D eigenvalue weighted by Gasteiger charge is -2.47. The third-order valence-electron chi connectivity index (χ3n) is 8.62. The van der Waals surface area contributed by atoms with Gasteiger partial charge in [0.2, 0.25) is 5.88 Å². The second-order valence-corrected chi connectivity index (χ2v) is 14.1. The van der Waals surface area contributed by atoms with Gasteiger partial charge in [-0.05, 0) is 71.9 Å². The molecule has 0 spiro atoms. The number of hydrogen-bond donors (Lipinski definition) is 1. The first-order valence-corrected chi connectivity index (χ1v) is 16.6. The molecule has 50 heavy (non-hydrogen) atoms. The van der Waals surface area contributed by atoms with Gasteiger partial charge in [0.1, 0.15) is 17.9 Å². The van der Waals surface area contributed by atoms with Crippen LogP contribution in [-0.2, 0) is 15.7 Å². The number of anilines is 2. The molecule has 0 radical (unpaired) electrons. The minimum atomic E-state index is -4.56. The molecule has 0 unspecified atom stereocenters. The summed E-state index contributed by atoms with van der Waals surface area (Å²) in [6.07, 6.45) is -1.72. The van der Waals surface area contributed by atoms with Crippen LogP contribution < -0.4 is 15.0 Å². The summed E-state index contributed by atoms with van der Waals surface area (Å²) in [5.41, 5.74) is 1.36. The summed E-state index contributed by atoms with van der Waals surface area (Å²) in [5, 5.41) is 2.67. The molecule has 11 nitrogen and oxygen atoms in total. The van der Waals surface area contributed by atoms with Gasteiger partial charge in [-0.15, -0.1) is 0 Å². The van der Waals surface area contributed by atoms with Gasteiger partial charge in [-0.25, -0.2) is 9.78 Å². The van der Waals surface area contributed by atoms with E-state index in [1.54, 1.807) is 17.2 Å². The lowest BCUT2D eigenvalue weighted by atomic mass is 9.99. The molecule has 2 saturated heterocycles. The Morgan fingerprint density at radius 2 is 1.76 bits per heavy atom. The molecule has 14 heteroatoms. The number of piperazine rings is 1. The van der Waals surface area contributed by atoms with Crippen LogP contribution in [0.25, 0.3) is 11.1 Å². The molecule has 2 amide bonds. The molecule has 4 heterocycles. The van der Waals surface area contributed by atoms with Crippen molar-refractivity contribution in [3.63, 3.8) is 0 Å². The molecule has 0 saturated carbocycles. The first-order valence-electron chi connectivity index (χ1n) is 16.6. The first-order chi connectivity index (χ1) is 23.5. The Labute approximate surface area is 292 Å². The number of amides is 2. The number of morpholine rings is 1. The second-order valence-electron chi connectivity index (χ2n) is 14.1. The van der Waals surface area contributed by atoms with Crippen LogP contribution in [0.1, 0.15) is 57.7 Å². The van der Waals surface area contributed by atoms with Crippen molar-refractivity contribution < 1.29 is 38.4 Å². The highest BCUT2D eigenvalue weighted by Crippen LogP contribution is 2.35. The summed E-state index contributed by atoms with van der Waals surface area (Å²) < 4.78 is 57.1. The van der Waals surface area contributed by atoms with Crippen LogP contribution in [0, 0.1) is 6.92 Å². The number of alkyl halides is 3. The van der Waals surface area contributed by atoms with Crippen LogP contribution in [0.15, 0.2) is 48.8 Å². The smallest absolute Gasteiger partial charge is 0.416 e. The minimum Gasteiger partial charge on any atom is -0.475 e. The second kappa shape index (κ2) is 14.8. The number of carbonyl (C=O) groups is 2. The van der Waals surface area contributed by atoms with Crippen LogP contribution in [0.3, 0.4) is 0 Å². The number of halogens is 3. The molecule has 272 valence electrons. The number of pyridine rings is 2. The van der Waals surface area contributed by atoms with Crippen molar-refractivity contribution in [2.24, 2.45) is 0 Å². The maximum absolute atomic E-state index is 13.2. The summed E-state index contributed by atoms with van der Waals surface area (Å²) in [4.78, 5) is 41.0. The Kier molecular flexibility index (Phi) is 10.9. The van der Waals surface area contributed by atoms with Crippen LogP contribution >= 0.6 is 0 Å². The third-order valence-corrected chi connectivity index (χ3v) is 8.62. The highest BCUT2D eigenvalue weighted by Gasteiger charge is 2.37. The Bertz CT molecular complexity index is 1690. The molecule has 1 aromatic carbocycles. The predicted molar refractivity (Wildman–Crippen MR) is 186 cm³/mol. The van der Waals surface area contributed by atoms with E-state index in [4.69, 9.17) is 19.2 Å². The average molecular weight is 701 g/mol. The van der Waals surface area contributed by atoms with Gasteiger partial charge in [-0.2, -0.15) is 13.2 Å². The van der Waals surface area contributed by atoms with Crippen molar-refractivity contribution in [2.45, 2.75) is 58.9 Å². The van der Waals surface area contributed by atoms with E-state index in [0.717, 1.165) is 23.4 Å². The predicted octanol–water partition coefficient (Wildman–Crippen LogP) is 6.52. The third kappa shape index (κ3) is 9.21. The van der Waals surface area contributed by atoms with Gasteiger partial charge in [0, 0.05) is 74.8 Å². The van der Waals surface area contributed by atoms with Crippen LogP contribution in [0.2, 0.25) is 0 Å². The standard InChI is InChI=1S/C36H45F3N6O5.H2/c1-24-29(20-28(22-40-24)42-31(46)25-8-7-9-27(18-25)36(37,38)39)26-19-30(43-12-15-48-16-13-43)32(41-21-26)49-17-14-45-11-10-44(23-35(45,5)6)33(47)50-34(2,3)4;/h7-9,18-22H,10-17,23H2,1-6H3,(H,42,46);1H. The van der Waals surface area contributed by atoms with Crippen LogP contribution in [-0.4, -0.2) is 102 Å². The largest absolute Gasteiger partial charge is 0.475 e. The minimum absolute atomic E-state index is 0.